The molecule has 1 aliphatic heterocycles. The molecule has 0 radical (unpaired) electrons. The average Bonchev–Trinajstić information content (AvgIpc) is 3.13. The molecule has 1 fully saturated rings. The molecule has 0 aliphatic carbocycles. The summed E-state index contributed by atoms with van der Waals surface area (Å²) in [6.07, 6.45) is 11.7. The topological polar surface area (TPSA) is 81.9 Å². The van der Waals surface area contributed by atoms with Gasteiger partial charge in [0.2, 0.25) is 5.91 Å². The molecule has 0 spiro atoms. The van der Waals surface area contributed by atoms with Crippen molar-refractivity contribution in [3.8, 4) is 0 Å². The normalized spacial score (nSPS) is 20.1. The van der Waals surface area contributed by atoms with Crippen molar-refractivity contribution in [1.82, 2.24) is 24.8 Å². The number of nitrogens with one attached hydrogen (secondary N) is 1. The Bertz CT molecular complexity index is 720. The lowest BCUT2D eigenvalue weighted by Crippen LogP contribution is -2.32. The van der Waals surface area contributed by atoms with Gasteiger partial charge in [0.1, 0.15) is 11.4 Å². The number of carbonyl (C=O) groups is 1. The van der Waals surface area contributed by atoms with Gasteiger partial charge in [-0.05, 0) is 26.2 Å². The Morgan fingerprint density at radius 2 is 2.12 bits per heavy atom. The van der Waals surface area contributed by atoms with E-state index in [1.807, 2.05) is 17.7 Å². The molecule has 1 N–H and O–H groups in total. The van der Waals surface area contributed by atoms with Gasteiger partial charge in [-0.2, -0.15) is 0 Å². The zero-order valence-corrected chi connectivity index (χ0v) is 15.6. The van der Waals surface area contributed by atoms with Crippen LogP contribution in [-0.4, -0.2) is 32.0 Å². The van der Waals surface area contributed by atoms with Gasteiger partial charge < -0.3 is 14.6 Å². The highest BCUT2D eigenvalue weighted by molar-refractivity contribution is 5.75. The van der Waals surface area contributed by atoms with E-state index in [0.29, 0.717) is 19.5 Å². The monoisotopic (exact) mass is 357 g/mol. The van der Waals surface area contributed by atoms with E-state index in [-0.39, 0.29) is 11.5 Å². The van der Waals surface area contributed by atoms with Gasteiger partial charge in [0.25, 0.3) is 0 Å². The predicted molar refractivity (Wildman–Crippen MR) is 97.3 cm³/mol. The number of ether oxygens (including phenoxy) is 1. The highest BCUT2D eigenvalue weighted by atomic mass is 16.5. The number of aryl methyl sites for hydroxylation is 2. The lowest BCUT2D eigenvalue weighted by molar-refractivity contribution is -0.121. The molecule has 0 bridgehead atoms. The van der Waals surface area contributed by atoms with Crippen molar-refractivity contribution in [2.75, 3.05) is 6.61 Å². The van der Waals surface area contributed by atoms with Crippen molar-refractivity contribution in [2.45, 2.75) is 64.6 Å². The van der Waals surface area contributed by atoms with E-state index < -0.39 is 0 Å². The van der Waals surface area contributed by atoms with Crippen LogP contribution in [0.3, 0.4) is 0 Å². The van der Waals surface area contributed by atoms with Gasteiger partial charge in [0, 0.05) is 62.9 Å². The summed E-state index contributed by atoms with van der Waals surface area (Å²) >= 11 is 0. The molecule has 1 atom stereocenters. The Balaban J connectivity index is 1.47. The maximum Gasteiger partial charge on any atom is 0.222 e. The molecule has 2 aromatic heterocycles. The lowest BCUT2D eigenvalue weighted by atomic mass is 9.95. The minimum Gasteiger partial charge on any atom is -0.367 e. The molecule has 2 aromatic rings. The van der Waals surface area contributed by atoms with Gasteiger partial charge in [0.15, 0.2) is 5.82 Å². The molecule has 1 amide bonds. The van der Waals surface area contributed by atoms with Gasteiger partial charge in [0.05, 0.1) is 0 Å². The van der Waals surface area contributed by atoms with Crippen LogP contribution in [0.25, 0.3) is 0 Å². The second kappa shape index (κ2) is 8.40. The summed E-state index contributed by atoms with van der Waals surface area (Å²) in [7, 11) is 0. The maximum absolute atomic E-state index is 12.1. The van der Waals surface area contributed by atoms with Crippen LogP contribution in [-0.2, 0) is 34.6 Å². The first-order valence-corrected chi connectivity index (χ1v) is 9.33. The Morgan fingerprint density at radius 1 is 1.31 bits per heavy atom. The van der Waals surface area contributed by atoms with Crippen LogP contribution in [0.15, 0.2) is 24.8 Å². The summed E-state index contributed by atoms with van der Waals surface area (Å²) in [5.74, 6) is 1.73. The van der Waals surface area contributed by atoms with E-state index >= 15 is 0 Å². The summed E-state index contributed by atoms with van der Waals surface area (Å²) in [4.78, 5) is 25.3. The third kappa shape index (κ3) is 4.46. The number of imidazole rings is 1. The van der Waals surface area contributed by atoms with E-state index in [0.717, 1.165) is 49.5 Å². The zero-order valence-electron chi connectivity index (χ0n) is 15.6. The fourth-order valence-electron chi connectivity index (χ4n) is 3.20. The molecule has 26 heavy (non-hydrogen) atoms. The summed E-state index contributed by atoms with van der Waals surface area (Å²) in [6, 6.07) is 0. The van der Waals surface area contributed by atoms with Gasteiger partial charge in [-0.1, -0.05) is 6.92 Å². The standard InChI is InChI=1S/C19H27N5O2/c1-3-16-20-8-10-24(16)9-6-17(25)21-12-15-13-22-18(23-14-15)19(2)7-4-5-11-26-19/h8,10,13-14H,3-7,9,11-12H2,1-2H3,(H,21,25)/t19-/m0/s1. The number of nitrogens with zero attached hydrogens (tertiary/aromatic N) is 4. The lowest BCUT2D eigenvalue weighted by Gasteiger charge is -2.32. The number of carbonyl (C=O) groups excluding carboxylic acids is 1. The van der Waals surface area contributed by atoms with Crippen LogP contribution in [0.4, 0.5) is 0 Å². The molecule has 7 nitrogen and oxygen atoms in total. The van der Waals surface area contributed by atoms with Gasteiger partial charge >= 0.3 is 0 Å². The SMILES string of the molecule is CCc1nccn1CCC(=O)NCc1cnc([C@]2(C)CCCCO2)nc1. The molecular formula is C19H27N5O2. The Morgan fingerprint density at radius 3 is 2.81 bits per heavy atom. The second-order valence-electron chi connectivity index (χ2n) is 6.87. The minimum atomic E-state index is -0.387. The number of amides is 1. The molecule has 1 saturated heterocycles. The minimum absolute atomic E-state index is 0.00686. The number of aromatic nitrogens is 4. The van der Waals surface area contributed by atoms with E-state index in [2.05, 4.69) is 27.2 Å². The first-order valence-electron chi connectivity index (χ1n) is 9.33. The predicted octanol–water partition coefficient (Wildman–Crippen LogP) is 2.36. The number of hydrogen-bond acceptors (Lipinski definition) is 5. The first-order chi connectivity index (χ1) is 12.6. The van der Waals surface area contributed by atoms with Crippen molar-refractivity contribution < 1.29 is 9.53 Å². The van der Waals surface area contributed by atoms with Crippen LogP contribution in [0.1, 0.15) is 56.7 Å². The Hall–Kier alpha value is -2.28. The fourth-order valence-corrected chi connectivity index (χ4v) is 3.20. The number of rotatable bonds is 7. The van der Waals surface area contributed by atoms with Crippen LogP contribution >= 0.6 is 0 Å². The van der Waals surface area contributed by atoms with Crippen molar-refractivity contribution >= 4 is 5.91 Å². The summed E-state index contributed by atoms with van der Waals surface area (Å²) < 4.78 is 7.89. The van der Waals surface area contributed by atoms with Gasteiger partial charge in [-0.3, -0.25) is 4.79 Å². The van der Waals surface area contributed by atoms with Crippen molar-refractivity contribution in [3.05, 3.63) is 42.0 Å². The van der Waals surface area contributed by atoms with Crippen LogP contribution in [0, 0.1) is 0 Å². The molecule has 0 unspecified atom stereocenters. The fraction of sp³-hybridized carbons (Fsp3) is 0.579. The van der Waals surface area contributed by atoms with Gasteiger partial charge in [-0.25, -0.2) is 15.0 Å². The van der Waals surface area contributed by atoms with E-state index in [1.165, 1.54) is 0 Å². The van der Waals surface area contributed by atoms with E-state index in [9.17, 15) is 4.79 Å². The summed E-state index contributed by atoms with van der Waals surface area (Å²) in [6.45, 7) is 5.93. The summed E-state index contributed by atoms with van der Waals surface area (Å²) in [5.41, 5.74) is 0.500. The summed E-state index contributed by atoms with van der Waals surface area (Å²) in [5, 5.41) is 2.92. The first kappa shape index (κ1) is 18.5. The molecule has 3 heterocycles. The Labute approximate surface area is 154 Å². The molecule has 0 aromatic carbocycles. The van der Waals surface area contributed by atoms with Crippen molar-refractivity contribution in [2.24, 2.45) is 0 Å². The average molecular weight is 357 g/mol. The van der Waals surface area contributed by atoms with Crippen LogP contribution < -0.4 is 5.32 Å². The van der Waals surface area contributed by atoms with Crippen LogP contribution in [0.5, 0.6) is 0 Å². The molecule has 7 heteroatoms. The highest BCUT2D eigenvalue weighted by Crippen LogP contribution is 2.32. The number of hydrogen-bond donors (Lipinski definition) is 1. The smallest absolute Gasteiger partial charge is 0.222 e. The van der Waals surface area contributed by atoms with Gasteiger partial charge in [-0.15, -0.1) is 0 Å². The largest absolute Gasteiger partial charge is 0.367 e. The molecular weight excluding hydrogens is 330 g/mol. The zero-order chi connectivity index (χ0) is 18.4. The van der Waals surface area contributed by atoms with E-state index in [1.54, 1.807) is 18.6 Å². The third-order valence-corrected chi connectivity index (χ3v) is 4.83. The molecule has 3 rings (SSSR count). The Kier molecular flexibility index (Phi) is 5.98. The van der Waals surface area contributed by atoms with Crippen molar-refractivity contribution in [3.63, 3.8) is 0 Å². The maximum atomic E-state index is 12.1. The molecule has 140 valence electrons. The third-order valence-electron chi connectivity index (χ3n) is 4.83. The van der Waals surface area contributed by atoms with Crippen molar-refractivity contribution in [1.29, 1.82) is 0 Å². The molecule has 1 aliphatic rings. The van der Waals surface area contributed by atoms with E-state index in [4.69, 9.17) is 4.74 Å². The highest BCUT2D eigenvalue weighted by Gasteiger charge is 2.32. The van der Waals surface area contributed by atoms with Crippen LogP contribution in [0.2, 0.25) is 0 Å². The quantitative estimate of drug-likeness (QED) is 0.822. The molecule has 0 saturated carbocycles. The second-order valence-corrected chi connectivity index (χ2v) is 6.87.